The van der Waals surface area contributed by atoms with Crippen molar-refractivity contribution in [3.63, 3.8) is 0 Å². The third-order valence-electron chi connectivity index (χ3n) is 5.95. The Balaban J connectivity index is 1.55. The van der Waals surface area contributed by atoms with Crippen molar-refractivity contribution in [3.8, 4) is 0 Å². The highest BCUT2D eigenvalue weighted by molar-refractivity contribution is 6.10. The number of nitrogen functional groups attached to an aromatic ring is 1. The number of carbonyl (C=O) groups excluding carboxylic acids is 1. The van der Waals surface area contributed by atoms with Gasteiger partial charge in [-0.05, 0) is 42.7 Å². The Kier molecular flexibility index (Phi) is 5.85. The summed E-state index contributed by atoms with van der Waals surface area (Å²) in [6.07, 6.45) is 3.65. The highest BCUT2D eigenvalue weighted by Gasteiger charge is 2.25. The number of anilines is 2. The Labute approximate surface area is 197 Å². The van der Waals surface area contributed by atoms with Crippen molar-refractivity contribution in [2.75, 3.05) is 37.9 Å². The lowest BCUT2D eigenvalue weighted by molar-refractivity contribution is 0.0859. The first-order valence-corrected chi connectivity index (χ1v) is 11.3. The van der Waals surface area contributed by atoms with Crippen molar-refractivity contribution in [2.45, 2.75) is 18.9 Å². The number of carbonyl (C=O) groups is 1. The lowest BCUT2D eigenvalue weighted by Crippen LogP contribution is -2.32. The predicted molar refractivity (Wildman–Crippen MR) is 135 cm³/mol. The number of para-hydroxylation sites is 2. The zero-order valence-electron chi connectivity index (χ0n) is 19.2. The fourth-order valence-corrected chi connectivity index (χ4v) is 4.07. The Bertz CT molecular complexity index is 1370. The predicted octanol–water partition coefficient (Wildman–Crippen LogP) is 3.02. The van der Waals surface area contributed by atoms with Crippen molar-refractivity contribution < 1.29 is 9.53 Å². The lowest BCUT2D eigenvalue weighted by Gasteiger charge is -2.11. The molecule has 0 saturated carbocycles. The summed E-state index contributed by atoms with van der Waals surface area (Å²) in [5, 5.41) is 7.52. The molecule has 9 nitrogen and oxygen atoms in total. The minimum absolute atomic E-state index is 0.0218. The van der Waals surface area contributed by atoms with Gasteiger partial charge in [0.05, 0.1) is 23.4 Å². The minimum atomic E-state index is -0.313. The number of aromatic nitrogens is 3. The monoisotopic (exact) mass is 457 g/mol. The average molecular weight is 458 g/mol. The van der Waals surface area contributed by atoms with Crippen LogP contribution in [0.4, 0.5) is 11.5 Å². The first kappa shape index (κ1) is 21.8. The van der Waals surface area contributed by atoms with Crippen molar-refractivity contribution >= 4 is 45.8 Å². The van der Waals surface area contributed by atoms with E-state index in [9.17, 15) is 4.79 Å². The number of fused-ring (bicyclic) bond motifs is 2. The molecule has 9 heteroatoms. The number of benzene rings is 2. The summed E-state index contributed by atoms with van der Waals surface area (Å²) in [6, 6.07) is 15.5. The third kappa shape index (κ3) is 4.17. The molecule has 1 saturated heterocycles. The Morgan fingerprint density at radius 2 is 1.94 bits per heavy atom. The summed E-state index contributed by atoms with van der Waals surface area (Å²) in [4.78, 5) is 24.6. The summed E-state index contributed by atoms with van der Waals surface area (Å²) >= 11 is 0. The summed E-state index contributed by atoms with van der Waals surface area (Å²) < 4.78 is 7.11. The van der Waals surface area contributed by atoms with Crippen molar-refractivity contribution in [3.05, 3.63) is 59.7 Å². The molecular weight excluding hydrogens is 430 g/mol. The van der Waals surface area contributed by atoms with Gasteiger partial charge in [-0.2, -0.15) is 9.78 Å². The van der Waals surface area contributed by atoms with Gasteiger partial charge < -0.3 is 20.7 Å². The quantitative estimate of drug-likeness (QED) is 0.431. The molecule has 34 heavy (non-hydrogen) atoms. The molecule has 5 rings (SSSR count). The lowest BCUT2D eigenvalue weighted by atomic mass is 10.2. The van der Waals surface area contributed by atoms with Crippen LogP contribution in [-0.2, 0) is 4.74 Å². The maximum absolute atomic E-state index is 13.2. The Morgan fingerprint density at radius 1 is 1.21 bits per heavy atom. The molecule has 1 amide bonds. The molecule has 1 fully saturated rings. The van der Waals surface area contributed by atoms with Crippen LogP contribution in [-0.4, -0.2) is 60.1 Å². The number of nitrogens with zero attached hydrogens (tertiary/aromatic N) is 5. The van der Waals surface area contributed by atoms with E-state index in [1.807, 2.05) is 67.5 Å². The largest absolute Gasteiger partial charge is 0.383 e. The van der Waals surface area contributed by atoms with E-state index in [1.54, 1.807) is 6.21 Å². The molecule has 0 spiro atoms. The van der Waals surface area contributed by atoms with E-state index >= 15 is 0 Å². The first-order chi connectivity index (χ1) is 16.5. The third-order valence-corrected chi connectivity index (χ3v) is 5.95. The molecule has 1 aliphatic rings. The molecule has 2 aromatic heterocycles. The second kappa shape index (κ2) is 9.11. The van der Waals surface area contributed by atoms with E-state index in [0.717, 1.165) is 30.7 Å². The van der Waals surface area contributed by atoms with Gasteiger partial charge in [-0.25, -0.2) is 9.97 Å². The molecule has 1 aliphatic heterocycles. The number of rotatable bonds is 6. The molecule has 0 radical (unpaired) electrons. The van der Waals surface area contributed by atoms with E-state index in [0.29, 0.717) is 28.7 Å². The van der Waals surface area contributed by atoms with E-state index in [4.69, 9.17) is 20.4 Å². The van der Waals surface area contributed by atoms with Gasteiger partial charge >= 0.3 is 0 Å². The van der Waals surface area contributed by atoms with Crippen LogP contribution in [0, 0.1) is 0 Å². The van der Waals surface area contributed by atoms with E-state index in [2.05, 4.69) is 10.4 Å². The van der Waals surface area contributed by atoms with Gasteiger partial charge in [0.2, 0.25) is 0 Å². The standard InChI is InChI=1S/C25H27N7O2/c1-31(2)17-11-9-16(10-12-17)14-28-32-23(26)21(25(33)27-15-18-6-5-13-34-18)22-24(32)30-20-8-4-3-7-19(20)29-22/h3-4,7-12,14,18H,5-6,13,15,26H2,1-2H3,(H,27,33). The smallest absolute Gasteiger partial charge is 0.257 e. The second-order valence-electron chi connectivity index (χ2n) is 8.53. The van der Waals surface area contributed by atoms with Crippen LogP contribution in [0.15, 0.2) is 53.6 Å². The van der Waals surface area contributed by atoms with Crippen LogP contribution in [0.1, 0.15) is 28.8 Å². The second-order valence-corrected chi connectivity index (χ2v) is 8.53. The molecule has 1 unspecified atom stereocenters. The van der Waals surface area contributed by atoms with Crippen molar-refractivity contribution in [1.82, 2.24) is 20.0 Å². The van der Waals surface area contributed by atoms with E-state index in [1.165, 1.54) is 4.68 Å². The molecule has 0 aliphatic carbocycles. The summed E-state index contributed by atoms with van der Waals surface area (Å²) in [5.74, 6) is -0.122. The summed E-state index contributed by atoms with van der Waals surface area (Å²) in [7, 11) is 3.98. The van der Waals surface area contributed by atoms with Gasteiger partial charge in [0, 0.05) is 32.9 Å². The van der Waals surface area contributed by atoms with Gasteiger partial charge in [0.25, 0.3) is 5.91 Å². The minimum Gasteiger partial charge on any atom is -0.383 e. The summed E-state index contributed by atoms with van der Waals surface area (Å²) in [6.45, 7) is 1.15. The van der Waals surface area contributed by atoms with Crippen LogP contribution in [0.3, 0.4) is 0 Å². The zero-order valence-corrected chi connectivity index (χ0v) is 19.2. The number of nitrogens with two attached hydrogens (primary N) is 1. The molecule has 4 aromatic rings. The van der Waals surface area contributed by atoms with Crippen LogP contribution in [0.5, 0.6) is 0 Å². The highest BCUT2D eigenvalue weighted by Crippen LogP contribution is 2.28. The van der Waals surface area contributed by atoms with Crippen LogP contribution < -0.4 is 16.0 Å². The number of amides is 1. The van der Waals surface area contributed by atoms with Crippen molar-refractivity contribution in [2.24, 2.45) is 5.10 Å². The first-order valence-electron chi connectivity index (χ1n) is 11.3. The number of hydrogen-bond donors (Lipinski definition) is 2. The van der Waals surface area contributed by atoms with Gasteiger partial charge in [-0.3, -0.25) is 4.79 Å². The van der Waals surface area contributed by atoms with Crippen LogP contribution >= 0.6 is 0 Å². The molecule has 1 atom stereocenters. The summed E-state index contributed by atoms with van der Waals surface area (Å²) in [5.41, 5.74) is 10.9. The molecule has 174 valence electrons. The zero-order chi connectivity index (χ0) is 23.7. The highest BCUT2D eigenvalue weighted by atomic mass is 16.5. The molecule has 2 aromatic carbocycles. The SMILES string of the molecule is CN(C)c1ccc(C=Nn2c(N)c(C(=O)NCC3CCCO3)c3nc4ccccc4nc32)cc1. The van der Waals surface area contributed by atoms with Gasteiger partial charge in [0.1, 0.15) is 16.9 Å². The van der Waals surface area contributed by atoms with Gasteiger partial charge in [-0.1, -0.05) is 24.3 Å². The fourth-order valence-electron chi connectivity index (χ4n) is 4.07. The fraction of sp³-hybridized carbons (Fsp3) is 0.280. The van der Waals surface area contributed by atoms with Gasteiger partial charge in [0.15, 0.2) is 5.65 Å². The maximum Gasteiger partial charge on any atom is 0.257 e. The van der Waals surface area contributed by atoms with Crippen molar-refractivity contribution in [1.29, 1.82) is 0 Å². The van der Waals surface area contributed by atoms with Crippen LogP contribution in [0.25, 0.3) is 22.2 Å². The van der Waals surface area contributed by atoms with Gasteiger partial charge in [-0.15, -0.1) is 0 Å². The van der Waals surface area contributed by atoms with Crippen LogP contribution in [0.2, 0.25) is 0 Å². The van der Waals surface area contributed by atoms with E-state index < -0.39 is 0 Å². The Hall–Kier alpha value is -3.98. The maximum atomic E-state index is 13.2. The molecular formula is C25H27N7O2. The number of hydrogen-bond acceptors (Lipinski definition) is 7. The molecule has 3 heterocycles. The normalized spacial score (nSPS) is 16.0. The molecule has 3 N–H and O–H groups in total. The number of nitrogens with one attached hydrogen (secondary N) is 1. The van der Waals surface area contributed by atoms with E-state index in [-0.39, 0.29) is 23.4 Å². The molecule has 0 bridgehead atoms. The Morgan fingerprint density at radius 3 is 2.62 bits per heavy atom. The number of ether oxygens (including phenoxy) is 1. The topological polar surface area (TPSA) is 111 Å². The average Bonchev–Trinajstić information content (AvgIpc) is 3.45.